The molecule has 0 aliphatic heterocycles. The number of carbonyl (C=O) groups excluding carboxylic acids is 2. The predicted octanol–water partition coefficient (Wildman–Crippen LogP) is 1.01. The fourth-order valence-electron chi connectivity index (χ4n) is 1.52. The third-order valence-corrected chi connectivity index (χ3v) is 2.79. The fourth-order valence-corrected chi connectivity index (χ4v) is 1.61. The van der Waals surface area contributed by atoms with Crippen molar-refractivity contribution in [3.63, 3.8) is 0 Å². The summed E-state index contributed by atoms with van der Waals surface area (Å²) in [7, 11) is 0. The normalized spacial score (nSPS) is 9.89. The highest BCUT2D eigenvalue weighted by atomic mass is 35.5. The maximum absolute atomic E-state index is 11.4. The average Bonchev–Trinajstić information content (AvgIpc) is 2.38. The summed E-state index contributed by atoms with van der Waals surface area (Å²) in [6.45, 7) is 2.57. The number of benzene rings is 1. The molecule has 5 heteroatoms. The highest BCUT2D eigenvalue weighted by Gasteiger charge is 2.04. The molecule has 1 aromatic carbocycles. The molecule has 1 aromatic rings. The molecule has 2 N–H and O–H groups in total. The van der Waals surface area contributed by atoms with Crippen LogP contribution in [0.5, 0.6) is 0 Å². The second kappa shape index (κ2) is 7.71. The lowest BCUT2D eigenvalue weighted by atomic mass is 10.1. The first-order valence-electron chi connectivity index (χ1n) is 5.77. The van der Waals surface area contributed by atoms with Gasteiger partial charge in [-0.05, 0) is 24.5 Å². The van der Waals surface area contributed by atoms with E-state index in [4.69, 9.17) is 11.6 Å². The molecule has 0 spiro atoms. The van der Waals surface area contributed by atoms with Gasteiger partial charge >= 0.3 is 0 Å². The van der Waals surface area contributed by atoms with Gasteiger partial charge in [0.05, 0.1) is 6.54 Å². The van der Waals surface area contributed by atoms with Crippen LogP contribution in [0, 0.1) is 6.92 Å². The summed E-state index contributed by atoms with van der Waals surface area (Å²) in [5.74, 6) is -0.677. The van der Waals surface area contributed by atoms with E-state index in [0.717, 1.165) is 6.42 Å². The third kappa shape index (κ3) is 5.19. The van der Waals surface area contributed by atoms with Crippen molar-refractivity contribution >= 4 is 23.4 Å². The van der Waals surface area contributed by atoms with Crippen LogP contribution >= 0.6 is 11.6 Å². The predicted molar refractivity (Wildman–Crippen MR) is 71.6 cm³/mol. The van der Waals surface area contributed by atoms with Gasteiger partial charge in [-0.25, -0.2) is 0 Å². The van der Waals surface area contributed by atoms with Gasteiger partial charge in [0.1, 0.15) is 5.88 Å². The van der Waals surface area contributed by atoms with Gasteiger partial charge in [-0.1, -0.05) is 24.3 Å². The zero-order valence-corrected chi connectivity index (χ0v) is 11.1. The number of amides is 2. The van der Waals surface area contributed by atoms with Gasteiger partial charge in [-0.2, -0.15) is 0 Å². The van der Waals surface area contributed by atoms with Gasteiger partial charge in [0, 0.05) is 6.54 Å². The zero-order chi connectivity index (χ0) is 13.4. The number of hydrogen-bond donors (Lipinski definition) is 2. The van der Waals surface area contributed by atoms with E-state index in [2.05, 4.69) is 10.6 Å². The molecule has 0 saturated carbocycles. The number of rotatable bonds is 6. The molecule has 4 nitrogen and oxygen atoms in total. The molecule has 0 aliphatic rings. The molecule has 2 amide bonds. The monoisotopic (exact) mass is 268 g/mol. The Morgan fingerprint density at radius 2 is 1.89 bits per heavy atom. The number of carbonyl (C=O) groups is 2. The minimum Gasteiger partial charge on any atom is -0.354 e. The van der Waals surface area contributed by atoms with Crippen LogP contribution in [0.25, 0.3) is 0 Å². The van der Waals surface area contributed by atoms with Gasteiger partial charge in [-0.3, -0.25) is 9.59 Å². The van der Waals surface area contributed by atoms with Crippen molar-refractivity contribution in [1.82, 2.24) is 10.6 Å². The summed E-state index contributed by atoms with van der Waals surface area (Å²) in [6.07, 6.45) is 0.780. The summed E-state index contributed by atoms with van der Waals surface area (Å²) < 4.78 is 0. The maximum Gasteiger partial charge on any atom is 0.239 e. The number of halogens is 1. The summed E-state index contributed by atoms with van der Waals surface area (Å²) in [4.78, 5) is 22.2. The van der Waals surface area contributed by atoms with Crippen molar-refractivity contribution in [2.24, 2.45) is 0 Å². The molecule has 0 atom stereocenters. The summed E-state index contributed by atoms with van der Waals surface area (Å²) in [6, 6.07) is 8.04. The smallest absolute Gasteiger partial charge is 0.239 e. The van der Waals surface area contributed by atoms with Crippen molar-refractivity contribution < 1.29 is 9.59 Å². The molecule has 98 valence electrons. The molecule has 0 bridgehead atoms. The van der Waals surface area contributed by atoms with Gasteiger partial charge in [0.2, 0.25) is 11.8 Å². The topological polar surface area (TPSA) is 58.2 Å². The molecule has 0 radical (unpaired) electrons. The van der Waals surface area contributed by atoms with Crippen LogP contribution in [-0.4, -0.2) is 30.8 Å². The van der Waals surface area contributed by atoms with Crippen LogP contribution < -0.4 is 10.6 Å². The highest BCUT2D eigenvalue weighted by molar-refractivity contribution is 6.27. The number of nitrogens with one attached hydrogen (secondary N) is 2. The lowest BCUT2D eigenvalue weighted by Crippen LogP contribution is -2.38. The first-order valence-corrected chi connectivity index (χ1v) is 6.31. The molecule has 0 heterocycles. The van der Waals surface area contributed by atoms with Gasteiger partial charge in [0.15, 0.2) is 0 Å². The van der Waals surface area contributed by atoms with Gasteiger partial charge in [0.25, 0.3) is 0 Å². The van der Waals surface area contributed by atoms with E-state index in [9.17, 15) is 9.59 Å². The minimum absolute atomic E-state index is 0.0284. The highest BCUT2D eigenvalue weighted by Crippen LogP contribution is 2.06. The maximum atomic E-state index is 11.4. The molecular weight excluding hydrogens is 252 g/mol. The van der Waals surface area contributed by atoms with Crippen molar-refractivity contribution in [2.75, 3.05) is 19.0 Å². The quantitative estimate of drug-likeness (QED) is 0.757. The van der Waals surface area contributed by atoms with Crippen molar-refractivity contribution in [3.05, 3.63) is 35.4 Å². The molecule has 0 aromatic heterocycles. The largest absolute Gasteiger partial charge is 0.354 e. The number of aryl methyl sites for hydroxylation is 1. The Morgan fingerprint density at radius 1 is 1.17 bits per heavy atom. The summed E-state index contributed by atoms with van der Waals surface area (Å²) >= 11 is 5.29. The van der Waals surface area contributed by atoms with Crippen LogP contribution in [0.3, 0.4) is 0 Å². The Kier molecular flexibility index (Phi) is 6.22. The van der Waals surface area contributed by atoms with Crippen molar-refractivity contribution in [2.45, 2.75) is 13.3 Å². The SMILES string of the molecule is Cc1ccccc1CCNC(=O)CNC(=O)CCl. The number of alkyl halides is 1. The average molecular weight is 269 g/mol. The van der Waals surface area contributed by atoms with Crippen LogP contribution in [0.1, 0.15) is 11.1 Å². The minimum atomic E-state index is -0.342. The first-order chi connectivity index (χ1) is 8.63. The first kappa shape index (κ1) is 14.5. The van der Waals surface area contributed by atoms with Gasteiger partial charge in [-0.15, -0.1) is 11.6 Å². The van der Waals surface area contributed by atoms with E-state index >= 15 is 0 Å². The summed E-state index contributed by atoms with van der Waals surface area (Å²) in [5, 5.41) is 5.15. The molecule has 0 aliphatic carbocycles. The Labute approximate surface area is 112 Å². The van der Waals surface area contributed by atoms with E-state index in [1.54, 1.807) is 0 Å². The van der Waals surface area contributed by atoms with E-state index in [0.29, 0.717) is 6.54 Å². The Hall–Kier alpha value is -1.55. The van der Waals surface area contributed by atoms with Crippen LogP contribution in [-0.2, 0) is 16.0 Å². The Morgan fingerprint density at radius 3 is 2.56 bits per heavy atom. The summed E-state index contributed by atoms with van der Waals surface area (Å²) in [5.41, 5.74) is 2.42. The molecule has 0 unspecified atom stereocenters. The van der Waals surface area contributed by atoms with Gasteiger partial charge < -0.3 is 10.6 Å². The second-order valence-corrected chi connectivity index (χ2v) is 4.20. The molecule has 0 saturated heterocycles. The molecule has 1 rings (SSSR count). The Balaban J connectivity index is 2.24. The van der Waals surface area contributed by atoms with Crippen LogP contribution in [0.2, 0.25) is 0 Å². The van der Waals surface area contributed by atoms with E-state index in [1.807, 2.05) is 31.2 Å². The molecule has 0 fully saturated rings. The van der Waals surface area contributed by atoms with Crippen molar-refractivity contribution in [3.8, 4) is 0 Å². The fraction of sp³-hybridized carbons (Fsp3) is 0.385. The second-order valence-electron chi connectivity index (χ2n) is 3.94. The van der Waals surface area contributed by atoms with Crippen molar-refractivity contribution in [1.29, 1.82) is 0 Å². The third-order valence-electron chi connectivity index (χ3n) is 2.55. The van der Waals surface area contributed by atoms with E-state index in [1.165, 1.54) is 11.1 Å². The van der Waals surface area contributed by atoms with Crippen LogP contribution in [0.4, 0.5) is 0 Å². The number of hydrogen-bond acceptors (Lipinski definition) is 2. The Bertz CT molecular complexity index is 421. The molecule has 18 heavy (non-hydrogen) atoms. The lowest BCUT2D eigenvalue weighted by molar-refractivity contribution is -0.124. The van der Waals surface area contributed by atoms with E-state index < -0.39 is 0 Å². The molecular formula is C13H17ClN2O2. The lowest BCUT2D eigenvalue weighted by Gasteiger charge is -2.07. The zero-order valence-electron chi connectivity index (χ0n) is 10.3. The standard InChI is InChI=1S/C13H17ClN2O2/c1-10-4-2-3-5-11(10)6-7-15-13(18)9-16-12(17)8-14/h2-5H,6-9H2,1H3,(H,15,18)(H,16,17). The van der Waals surface area contributed by atoms with E-state index in [-0.39, 0.29) is 24.2 Å². The van der Waals surface area contributed by atoms with Crippen LogP contribution in [0.15, 0.2) is 24.3 Å².